The second-order valence-corrected chi connectivity index (χ2v) is 8.39. The van der Waals surface area contributed by atoms with Crippen molar-refractivity contribution in [2.45, 2.75) is 32.9 Å². The molecular weight excluding hydrogens is 410 g/mol. The summed E-state index contributed by atoms with van der Waals surface area (Å²) in [4.78, 5) is 35.4. The summed E-state index contributed by atoms with van der Waals surface area (Å²) in [6.45, 7) is 2.46. The van der Waals surface area contributed by atoms with Crippen molar-refractivity contribution in [3.8, 4) is 0 Å². The van der Waals surface area contributed by atoms with E-state index in [0.717, 1.165) is 29.6 Å². The molecular formula is C21H16ClN3O3S. The number of hydrogen-bond donors (Lipinski definition) is 0. The van der Waals surface area contributed by atoms with Gasteiger partial charge in [0.15, 0.2) is 0 Å². The number of aromatic nitrogens is 3. The minimum absolute atomic E-state index is 0.00605. The first kappa shape index (κ1) is 18.3. The first-order valence-electron chi connectivity index (χ1n) is 9.27. The Bertz CT molecular complexity index is 1360. The first-order valence-corrected chi connectivity index (χ1v) is 10.5. The van der Waals surface area contributed by atoms with Crippen LogP contribution >= 0.6 is 22.9 Å². The lowest BCUT2D eigenvalue weighted by atomic mass is 10.2. The molecule has 0 atom stereocenters. The summed E-state index contributed by atoms with van der Waals surface area (Å²) in [6.07, 6.45) is 1.71. The van der Waals surface area contributed by atoms with Crippen LogP contribution in [0.25, 0.3) is 21.1 Å². The van der Waals surface area contributed by atoms with E-state index in [0.29, 0.717) is 37.9 Å². The molecule has 8 heteroatoms. The predicted octanol–water partition coefficient (Wildman–Crippen LogP) is 4.27. The molecule has 0 amide bonds. The second kappa shape index (κ2) is 6.93. The Hall–Kier alpha value is -2.77. The summed E-state index contributed by atoms with van der Waals surface area (Å²) >= 11 is 7.46. The Kier molecular flexibility index (Phi) is 4.37. The van der Waals surface area contributed by atoms with Gasteiger partial charge in [-0.3, -0.25) is 9.36 Å². The fourth-order valence-electron chi connectivity index (χ4n) is 3.72. The Balaban J connectivity index is 1.45. The molecule has 1 aromatic carbocycles. The third kappa shape index (κ3) is 3.01. The van der Waals surface area contributed by atoms with Crippen LogP contribution in [0.4, 0.5) is 0 Å². The fraction of sp³-hybridized carbons (Fsp3) is 0.238. The average molecular weight is 426 g/mol. The van der Waals surface area contributed by atoms with Crippen molar-refractivity contribution in [1.29, 1.82) is 0 Å². The predicted molar refractivity (Wildman–Crippen MR) is 113 cm³/mol. The summed E-state index contributed by atoms with van der Waals surface area (Å²) < 4.78 is 7.21. The highest BCUT2D eigenvalue weighted by Gasteiger charge is 2.24. The van der Waals surface area contributed by atoms with Gasteiger partial charge >= 0.3 is 5.97 Å². The second-order valence-electron chi connectivity index (χ2n) is 7.03. The molecule has 6 nitrogen and oxygen atoms in total. The zero-order chi connectivity index (χ0) is 20.1. The van der Waals surface area contributed by atoms with E-state index in [1.165, 1.54) is 11.3 Å². The van der Waals surface area contributed by atoms with Crippen molar-refractivity contribution in [2.75, 3.05) is 0 Å². The largest absolute Gasteiger partial charge is 0.457 e. The maximum Gasteiger partial charge on any atom is 0.349 e. The number of benzene rings is 1. The number of halogens is 1. The minimum atomic E-state index is -0.487. The Morgan fingerprint density at radius 1 is 1.31 bits per heavy atom. The Morgan fingerprint density at radius 2 is 2.14 bits per heavy atom. The van der Waals surface area contributed by atoms with Crippen molar-refractivity contribution in [3.05, 3.63) is 67.7 Å². The summed E-state index contributed by atoms with van der Waals surface area (Å²) in [7, 11) is 0. The number of rotatable bonds is 3. The molecule has 146 valence electrons. The van der Waals surface area contributed by atoms with Gasteiger partial charge in [0.1, 0.15) is 27.3 Å². The van der Waals surface area contributed by atoms with Crippen LogP contribution in [-0.4, -0.2) is 20.5 Å². The molecule has 0 saturated carbocycles. The van der Waals surface area contributed by atoms with Gasteiger partial charge in [-0.2, -0.15) is 0 Å². The summed E-state index contributed by atoms with van der Waals surface area (Å²) in [5.74, 6) is 0.303. The van der Waals surface area contributed by atoms with Crippen LogP contribution in [0.5, 0.6) is 0 Å². The van der Waals surface area contributed by atoms with E-state index in [4.69, 9.17) is 16.3 Å². The normalized spacial score (nSPS) is 13.2. The highest BCUT2D eigenvalue weighted by atomic mass is 35.5. The van der Waals surface area contributed by atoms with Crippen molar-refractivity contribution in [3.63, 3.8) is 0 Å². The molecule has 0 saturated heterocycles. The molecule has 0 N–H and O–H groups in total. The molecule has 4 aromatic rings. The van der Waals surface area contributed by atoms with E-state index >= 15 is 0 Å². The smallest absolute Gasteiger partial charge is 0.349 e. The van der Waals surface area contributed by atoms with Crippen LogP contribution in [0, 0.1) is 6.92 Å². The monoisotopic (exact) mass is 425 g/mol. The third-order valence-corrected chi connectivity index (χ3v) is 6.70. The van der Waals surface area contributed by atoms with Crippen LogP contribution in [0.3, 0.4) is 0 Å². The average Bonchev–Trinajstić information content (AvgIpc) is 3.31. The van der Waals surface area contributed by atoms with E-state index in [1.54, 1.807) is 11.5 Å². The number of para-hydroxylation sites is 1. The zero-order valence-electron chi connectivity index (χ0n) is 15.6. The lowest BCUT2D eigenvalue weighted by Gasteiger charge is -2.07. The van der Waals surface area contributed by atoms with Crippen molar-refractivity contribution in [1.82, 2.24) is 14.5 Å². The van der Waals surface area contributed by atoms with Crippen molar-refractivity contribution < 1.29 is 9.53 Å². The van der Waals surface area contributed by atoms with E-state index in [2.05, 4.69) is 9.97 Å². The SMILES string of the molecule is Cc1c(C(=O)OCc2cc3ccccc3nc2Cl)sc2nc3n(c(=O)c12)CCC3. The number of fused-ring (bicyclic) bond motifs is 3. The molecule has 5 rings (SSSR count). The molecule has 1 aliphatic heterocycles. The number of nitrogens with zero attached hydrogens (tertiary/aromatic N) is 3. The molecule has 3 aromatic heterocycles. The number of thiophene rings is 1. The van der Waals surface area contributed by atoms with Gasteiger partial charge < -0.3 is 4.74 Å². The van der Waals surface area contributed by atoms with Gasteiger partial charge in [0.2, 0.25) is 0 Å². The first-order chi connectivity index (χ1) is 14.0. The van der Waals surface area contributed by atoms with Gasteiger partial charge in [0.25, 0.3) is 5.56 Å². The molecule has 0 unspecified atom stereocenters. The van der Waals surface area contributed by atoms with Gasteiger partial charge in [-0.05, 0) is 31.0 Å². The number of carbonyl (C=O) groups is 1. The van der Waals surface area contributed by atoms with Gasteiger partial charge in [0, 0.05) is 23.9 Å². The van der Waals surface area contributed by atoms with Gasteiger partial charge in [0.05, 0.1) is 10.9 Å². The number of aryl methyl sites for hydroxylation is 2. The molecule has 29 heavy (non-hydrogen) atoms. The van der Waals surface area contributed by atoms with Gasteiger partial charge in [-0.15, -0.1) is 11.3 Å². The Labute approximate surface area is 174 Å². The fourth-order valence-corrected chi connectivity index (χ4v) is 5.00. The van der Waals surface area contributed by atoms with Crippen molar-refractivity contribution in [2.24, 2.45) is 0 Å². The molecule has 4 heterocycles. The molecule has 1 aliphatic rings. The summed E-state index contributed by atoms with van der Waals surface area (Å²) in [6, 6.07) is 9.48. The van der Waals surface area contributed by atoms with Crippen LogP contribution in [0.2, 0.25) is 5.15 Å². The lowest BCUT2D eigenvalue weighted by Crippen LogP contribution is -2.20. The summed E-state index contributed by atoms with van der Waals surface area (Å²) in [5.41, 5.74) is 1.97. The summed E-state index contributed by atoms with van der Waals surface area (Å²) in [5, 5.41) is 1.74. The number of ether oxygens (including phenoxy) is 1. The Morgan fingerprint density at radius 3 is 3.00 bits per heavy atom. The zero-order valence-corrected chi connectivity index (χ0v) is 17.1. The van der Waals surface area contributed by atoms with Gasteiger partial charge in [-0.1, -0.05) is 29.8 Å². The van der Waals surface area contributed by atoms with E-state index in [1.807, 2.05) is 30.3 Å². The maximum atomic E-state index is 12.8. The number of esters is 1. The van der Waals surface area contributed by atoms with Crippen LogP contribution in [0.1, 0.15) is 33.0 Å². The minimum Gasteiger partial charge on any atom is -0.457 e. The van der Waals surface area contributed by atoms with E-state index in [9.17, 15) is 9.59 Å². The lowest BCUT2D eigenvalue weighted by molar-refractivity contribution is 0.0478. The molecule has 0 spiro atoms. The molecule has 0 radical (unpaired) electrons. The van der Waals surface area contributed by atoms with Crippen LogP contribution in [-0.2, 0) is 24.3 Å². The number of carbonyl (C=O) groups excluding carboxylic acids is 1. The number of pyridine rings is 1. The topological polar surface area (TPSA) is 74.1 Å². The highest BCUT2D eigenvalue weighted by Crippen LogP contribution is 2.30. The quantitative estimate of drug-likeness (QED) is 0.362. The molecule has 0 fully saturated rings. The van der Waals surface area contributed by atoms with Crippen molar-refractivity contribution >= 4 is 50.0 Å². The third-order valence-electron chi connectivity index (χ3n) is 5.21. The van der Waals surface area contributed by atoms with Crippen LogP contribution < -0.4 is 5.56 Å². The maximum absolute atomic E-state index is 12.8. The van der Waals surface area contributed by atoms with E-state index in [-0.39, 0.29) is 12.2 Å². The van der Waals surface area contributed by atoms with E-state index < -0.39 is 5.97 Å². The molecule has 0 aliphatic carbocycles. The van der Waals surface area contributed by atoms with Crippen LogP contribution in [0.15, 0.2) is 35.1 Å². The van der Waals surface area contributed by atoms with Gasteiger partial charge in [-0.25, -0.2) is 14.8 Å². The standard InChI is InChI=1S/C21H16ClN3O3S/c1-11-16-19(24-15-7-4-8-25(15)20(16)26)29-17(11)21(27)28-10-13-9-12-5-2-3-6-14(12)23-18(13)22/h2-3,5-6,9H,4,7-8,10H2,1H3. The molecule has 0 bridgehead atoms. The highest BCUT2D eigenvalue weighted by molar-refractivity contribution is 7.20. The number of hydrogen-bond acceptors (Lipinski definition) is 6.